The Balaban J connectivity index is 0.000000193. The van der Waals surface area contributed by atoms with Crippen LogP contribution in [0.2, 0.25) is 10.0 Å². The van der Waals surface area contributed by atoms with E-state index < -0.39 is 9.84 Å². The number of pyridine rings is 2. The summed E-state index contributed by atoms with van der Waals surface area (Å²) >= 11 is 12.5. The van der Waals surface area contributed by atoms with Crippen molar-refractivity contribution in [2.75, 3.05) is 31.3 Å². The van der Waals surface area contributed by atoms with Crippen molar-refractivity contribution in [3.8, 4) is 22.3 Å². The zero-order chi connectivity index (χ0) is 38.7. The minimum atomic E-state index is -3.55. The number of piperidine rings is 1. The number of hydrogen-bond acceptors (Lipinski definition) is 11. The molecule has 280 valence electrons. The van der Waals surface area contributed by atoms with Crippen LogP contribution < -0.4 is 16.4 Å². The number of benzene rings is 2. The Morgan fingerprint density at radius 3 is 1.81 bits per heavy atom. The molecule has 7 rings (SSSR count). The van der Waals surface area contributed by atoms with Crippen molar-refractivity contribution in [3.63, 3.8) is 0 Å². The van der Waals surface area contributed by atoms with Gasteiger partial charge in [-0.1, -0.05) is 59.6 Å². The molecular formula is C37H36Cl2N8O6S. The third-order valence-electron chi connectivity index (χ3n) is 8.89. The van der Waals surface area contributed by atoms with Gasteiger partial charge in [-0.3, -0.25) is 18.7 Å². The lowest BCUT2D eigenvalue weighted by Crippen LogP contribution is -2.42. The lowest BCUT2D eigenvalue weighted by atomic mass is 10.1. The molecule has 1 amide bonds. The molecule has 1 aliphatic rings. The topological polar surface area (TPSA) is 171 Å². The molecule has 0 aliphatic carbocycles. The van der Waals surface area contributed by atoms with E-state index in [2.05, 4.69) is 25.3 Å². The molecule has 5 heterocycles. The van der Waals surface area contributed by atoms with Crippen molar-refractivity contribution in [2.45, 2.75) is 31.0 Å². The molecule has 0 saturated carbocycles. The maximum atomic E-state index is 13.0. The van der Waals surface area contributed by atoms with Gasteiger partial charge in [0, 0.05) is 94.9 Å². The smallest absolute Gasteiger partial charge is 0.409 e. The first-order valence-electron chi connectivity index (χ1n) is 16.9. The number of sulfone groups is 1. The van der Waals surface area contributed by atoms with Crippen LogP contribution in [-0.2, 0) is 28.7 Å². The van der Waals surface area contributed by atoms with Gasteiger partial charge in [0.2, 0.25) is 20.9 Å². The number of hydrogen-bond donors (Lipinski definition) is 1. The maximum absolute atomic E-state index is 13.0. The Kier molecular flexibility index (Phi) is 11.3. The van der Waals surface area contributed by atoms with E-state index in [9.17, 15) is 22.8 Å². The van der Waals surface area contributed by atoms with Crippen LogP contribution in [0.25, 0.3) is 44.3 Å². The fourth-order valence-electron chi connectivity index (χ4n) is 6.07. The zero-order valence-corrected chi connectivity index (χ0v) is 32.1. The second-order valence-electron chi connectivity index (χ2n) is 12.6. The third-order valence-corrected chi connectivity index (χ3v) is 10.4. The summed E-state index contributed by atoms with van der Waals surface area (Å²) in [6.07, 6.45) is 5.38. The molecule has 1 fully saturated rings. The Bertz CT molecular complexity index is 2630. The summed E-state index contributed by atoms with van der Waals surface area (Å²) < 4.78 is 31.0. The normalized spacial score (nSPS) is 13.4. The highest BCUT2D eigenvalue weighted by Gasteiger charge is 2.24. The van der Waals surface area contributed by atoms with E-state index in [0.717, 1.165) is 24.5 Å². The van der Waals surface area contributed by atoms with Gasteiger partial charge in [0.1, 0.15) is 11.3 Å². The summed E-state index contributed by atoms with van der Waals surface area (Å²) in [6, 6.07) is 17.8. The van der Waals surface area contributed by atoms with Crippen molar-refractivity contribution in [3.05, 3.63) is 104 Å². The molecule has 0 bridgehead atoms. The van der Waals surface area contributed by atoms with Gasteiger partial charge in [-0.15, -0.1) is 0 Å². The first-order valence-corrected chi connectivity index (χ1v) is 19.5. The molecule has 4 aromatic heterocycles. The van der Waals surface area contributed by atoms with E-state index in [1.165, 1.54) is 22.4 Å². The van der Waals surface area contributed by atoms with E-state index in [4.69, 9.17) is 27.9 Å². The number of amides is 1. The number of rotatable bonds is 6. The number of nitrogens with one attached hydrogen (secondary N) is 1. The number of nitrogens with zero attached hydrogens (tertiary/aromatic N) is 7. The summed E-state index contributed by atoms with van der Waals surface area (Å²) in [5.74, 6) is 0.461. The van der Waals surface area contributed by atoms with E-state index in [1.54, 1.807) is 67.5 Å². The lowest BCUT2D eigenvalue weighted by Gasteiger charge is -2.31. The summed E-state index contributed by atoms with van der Waals surface area (Å²) in [5.41, 5.74) is 2.50. The largest absolute Gasteiger partial charge is 0.450 e. The van der Waals surface area contributed by atoms with Crippen LogP contribution in [-0.4, -0.2) is 80.5 Å². The van der Waals surface area contributed by atoms with Crippen LogP contribution in [0, 0.1) is 0 Å². The fourth-order valence-corrected chi connectivity index (χ4v) is 7.05. The molecule has 14 nitrogen and oxygen atoms in total. The van der Waals surface area contributed by atoms with Crippen LogP contribution in [0.1, 0.15) is 19.8 Å². The number of halogens is 2. The number of anilines is 1. The van der Waals surface area contributed by atoms with Crippen LogP contribution in [0.15, 0.2) is 87.8 Å². The molecule has 17 heteroatoms. The Morgan fingerprint density at radius 2 is 1.31 bits per heavy atom. The number of likely N-dealkylation sites (tertiary alicyclic amines) is 1. The van der Waals surface area contributed by atoms with E-state index in [1.807, 2.05) is 18.2 Å². The molecule has 1 aliphatic heterocycles. The van der Waals surface area contributed by atoms with Crippen LogP contribution >= 0.6 is 23.2 Å². The SMILES string of the molecule is CCOC(=O)N1CCC(Nc2ncc3cc(-c4ccccc4Cl)c(=O)n(C)c3n2)CC1.Cn1c(=O)c(-c2ccccc2Cl)cc2cnc(S(C)(=O)=O)nc21. The van der Waals surface area contributed by atoms with Crippen LogP contribution in [0.3, 0.4) is 0 Å². The third kappa shape index (κ3) is 8.07. The van der Waals surface area contributed by atoms with Gasteiger partial charge in [-0.05, 0) is 44.0 Å². The van der Waals surface area contributed by atoms with Crippen molar-refractivity contribution < 1.29 is 17.9 Å². The minimum Gasteiger partial charge on any atom is -0.450 e. The molecule has 54 heavy (non-hydrogen) atoms. The van der Waals surface area contributed by atoms with Gasteiger partial charge in [0.15, 0.2) is 0 Å². The van der Waals surface area contributed by atoms with Gasteiger partial charge in [0.05, 0.1) is 6.61 Å². The highest BCUT2D eigenvalue weighted by Crippen LogP contribution is 2.28. The second-order valence-corrected chi connectivity index (χ2v) is 15.3. The van der Waals surface area contributed by atoms with Gasteiger partial charge >= 0.3 is 6.09 Å². The summed E-state index contributed by atoms with van der Waals surface area (Å²) in [4.78, 5) is 56.0. The quantitative estimate of drug-likeness (QED) is 0.204. The predicted molar refractivity (Wildman–Crippen MR) is 209 cm³/mol. The molecular weight excluding hydrogens is 755 g/mol. The maximum Gasteiger partial charge on any atom is 0.409 e. The summed E-state index contributed by atoms with van der Waals surface area (Å²) in [7, 11) is -0.326. The molecule has 1 N–H and O–H groups in total. The number of carbonyl (C=O) groups is 1. The molecule has 0 radical (unpaired) electrons. The van der Waals surface area contributed by atoms with Crippen molar-refractivity contribution in [2.24, 2.45) is 14.1 Å². The second kappa shape index (κ2) is 15.9. The number of ether oxygens (including phenoxy) is 1. The molecule has 0 unspecified atom stereocenters. The zero-order valence-electron chi connectivity index (χ0n) is 29.8. The molecule has 0 spiro atoms. The van der Waals surface area contributed by atoms with Gasteiger partial charge in [-0.2, -0.15) is 9.97 Å². The molecule has 6 aromatic rings. The summed E-state index contributed by atoms with van der Waals surface area (Å²) in [5, 5.41) is 5.29. The average molecular weight is 792 g/mol. The number of fused-ring (bicyclic) bond motifs is 2. The molecule has 1 saturated heterocycles. The first-order chi connectivity index (χ1) is 25.8. The monoisotopic (exact) mass is 790 g/mol. The Morgan fingerprint density at radius 1 is 0.815 bits per heavy atom. The average Bonchev–Trinajstić information content (AvgIpc) is 3.15. The fraction of sp³-hybridized carbons (Fsp3) is 0.270. The van der Waals surface area contributed by atoms with E-state index >= 15 is 0 Å². The van der Waals surface area contributed by atoms with Crippen molar-refractivity contribution in [1.29, 1.82) is 0 Å². The Hall–Kier alpha value is -5.38. The van der Waals surface area contributed by atoms with Gasteiger partial charge < -0.3 is 15.0 Å². The van der Waals surface area contributed by atoms with Gasteiger partial charge in [-0.25, -0.2) is 23.2 Å². The highest BCUT2D eigenvalue weighted by atomic mass is 35.5. The van der Waals surface area contributed by atoms with E-state index in [0.29, 0.717) is 69.0 Å². The predicted octanol–water partition coefficient (Wildman–Crippen LogP) is 5.73. The van der Waals surface area contributed by atoms with Crippen molar-refractivity contribution in [1.82, 2.24) is 34.0 Å². The standard InChI is InChI=1S/C22H24ClN5O3.C15H12ClN3O3S/c1-3-31-22(30)28-10-8-15(9-11-28)25-21-24-13-14-12-17(16-6-4-5-7-18(16)23)20(29)27(2)19(14)26-21;1-19-13-9(8-17-15(18-13)23(2,21)22)7-11(14(19)20)10-5-3-4-6-12(10)16/h4-7,12-13,15H,3,8-11H2,1-2H3,(H,24,25,26);3-8H,1-2H3. The number of aryl methyl sites for hydroxylation is 2. The number of carbonyl (C=O) groups excluding carboxylic acids is 1. The highest BCUT2D eigenvalue weighted by molar-refractivity contribution is 7.90. The Labute approximate surface area is 320 Å². The number of aromatic nitrogens is 6. The van der Waals surface area contributed by atoms with Gasteiger partial charge in [0.25, 0.3) is 11.1 Å². The minimum absolute atomic E-state index is 0.141. The summed E-state index contributed by atoms with van der Waals surface area (Å²) in [6.45, 7) is 3.40. The first kappa shape index (κ1) is 38.3. The van der Waals surface area contributed by atoms with Crippen molar-refractivity contribution >= 4 is 67.1 Å². The van der Waals surface area contributed by atoms with Crippen LogP contribution in [0.4, 0.5) is 10.7 Å². The molecule has 2 aromatic carbocycles. The lowest BCUT2D eigenvalue weighted by molar-refractivity contribution is 0.0983. The van der Waals surface area contributed by atoms with Crippen LogP contribution in [0.5, 0.6) is 0 Å². The van der Waals surface area contributed by atoms with E-state index in [-0.39, 0.29) is 34.1 Å². The molecule has 0 atom stereocenters.